The van der Waals surface area contributed by atoms with Gasteiger partial charge in [-0.3, -0.25) is 4.79 Å². The molecular weight excluding hydrogens is 258 g/mol. The molecule has 0 aliphatic heterocycles. The fourth-order valence-electron chi connectivity index (χ4n) is 2.28. The van der Waals surface area contributed by atoms with Crippen LogP contribution in [0.15, 0.2) is 30.3 Å². The Balaban J connectivity index is 2.59. The number of hydrogen-bond acceptors (Lipinski definition) is 2. The summed E-state index contributed by atoms with van der Waals surface area (Å²) in [4.78, 5) is 22.1. The average Bonchev–Trinajstić information content (AvgIpc) is 2.68. The maximum absolute atomic E-state index is 11.4. The van der Waals surface area contributed by atoms with Gasteiger partial charge in [0.1, 0.15) is 0 Å². The number of nitrogens with zero attached hydrogens (tertiary/aromatic N) is 1. The molecule has 0 fully saturated rings. The Hall–Kier alpha value is -2.56. The van der Waals surface area contributed by atoms with Crippen LogP contribution in [-0.4, -0.2) is 26.7 Å². The Bertz CT molecular complexity index is 666. The van der Waals surface area contributed by atoms with Gasteiger partial charge in [-0.05, 0) is 43.7 Å². The standard InChI is InChI=1S/C15H15NO4/c1-9-3-4-10(2)16(9)13-6-5-11(8-14(17)18)7-12(13)15(19)20/h3-7H,8H2,1-2H3,(H,17,18)(H,19,20). The number of aryl methyl sites for hydroxylation is 2. The van der Waals surface area contributed by atoms with Gasteiger partial charge in [-0.15, -0.1) is 0 Å². The minimum atomic E-state index is -1.07. The van der Waals surface area contributed by atoms with Crippen LogP contribution in [0.4, 0.5) is 0 Å². The van der Waals surface area contributed by atoms with E-state index in [0.29, 0.717) is 11.3 Å². The van der Waals surface area contributed by atoms with Gasteiger partial charge in [0, 0.05) is 11.4 Å². The summed E-state index contributed by atoms with van der Waals surface area (Å²) in [5, 5.41) is 18.1. The van der Waals surface area contributed by atoms with Crippen LogP contribution in [0.3, 0.4) is 0 Å². The summed E-state index contributed by atoms with van der Waals surface area (Å²) in [5.41, 5.74) is 2.98. The SMILES string of the molecule is Cc1ccc(C)n1-c1ccc(CC(=O)O)cc1C(=O)O. The van der Waals surface area contributed by atoms with Gasteiger partial charge < -0.3 is 14.8 Å². The number of carboxylic acid groups (broad SMARTS) is 2. The Kier molecular flexibility index (Phi) is 3.61. The van der Waals surface area contributed by atoms with Crippen LogP contribution >= 0.6 is 0 Å². The molecule has 0 spiro atoms. The molecule has 0 aliphatic rings. The van der Waals surface area contributed by atoms with Crippen molar-refractivity contribution in [3.63, 3.8) is 0 Å². The van der Waals surface area contributed by atoms with Gasteiger partial charge >= 0.3 is 11.9 Å². The first-order valence-corrected chi connectivity index (χ1v) is 6.13. The van der Waals surface area contributed by atoms with E-state index in [9.17, 15) is 14.7 Å². The Labute approximate surface area is 116 Å². The number of hydrogen-bond donors (Lipinski definition) is 2. The molecule has 104 valence electrons. The zero-order valence-corrected chi connectivity index (χ0v) is 11.3. The minimum Gasteiger partial charge on any atom is -0.481 e. The number of rotatable bonds is 4. The van der Waals surface area contributed by atoms with Crippen molar-refractivity contribution in [1.29, 1.82) is 0 Å². The first-order chi connectivity index (χ1) is 9.40. The second-order valence-electron chi connectivity index (χ2n) is 4.68. The summed E-state index contributed by atoms with van der Waals surface area (Å²) in [6.07, 6.45) is -0.190. The highest BCUT2D eigenvalue weighted by Gasteiger charge is 2.15. The third kappa shape index (κ3) is 2.56. The molecule has 0 amide bonds. The van der Waals surface area contributed by atoms with Crippen molar-refractivity contribution in [2.45, 2.75) is 20.3 Å². The van der Waals surface area contributed by atoms with E-state index >= 15 is 0 Å². The smallest absolute Gasteiger partial charge is 0.337 e. The summed E-state index contributed by atoms with van der Waals surface area (Å²) in [6.45, 7) is 3.79. The molecule has 0 unspecified atom stereocenters. The molecular formula is C15H15NO4. The van der Waals surface area contributed by atoms with E-state index in [0.717, 1.165) is 11.4 Å². The van der Waals surface area contributed by atoms with Crippen LogP contribution in [0.2, 0.25) is 0 Å². The fourth-order valence-corrected chi connectivity index (χ4v) is 2.28. The quantitative estimate of drug-likeness (QED) is 0.896. The van der Waals surface area contributed by atoms with Crippen LogP contribution in [0, 0.1) is 13.8 Å². The molecule has 0 atom stereocenters. The number of aromatic nitrogens is 1. The van der Waals surface area contributed by atoms with Crippen molar-refractivity contribution >= 4 is 11.9 Å². The van der Waals surface area contributed by atoms with Crippen LogP contribution < -0.4 is 0 Å². The van der Waals surface area contributed by atoms with Gasteiger partial charge in [0.05, 0.1) is 17.7 Å². The molecule has 1 heterocycles. The van der Waals surface area contributed by atoms with Gasteiger partial charge in [0.2, 0.25) is 0 Å². The van der Waals surface area contributed by atoms with E-state index in [2.05, 4.69) is 0 Å². The van der Waals surface area contributed by atoms with Crippen molar-refractivity contribution in [1.82, 2.24) is 4.57 Å². The lowest BCUT2D eigenvalue weighted by molar-refractivity contribution is -0.136. The first-order valence-electron chi connectivity index (χ1n) is 6.13. The van der Waals surface area contributed by atoms with E-state index in [1.165, 1.54) is 6.07 Å². The van der Waals surface area contributed by atoms with Gasteiger partial charge in [-0.2, -0.15) is 0 Å². The molecule has 2 N–H and O–H groups in total. The fraction of sp³-hybridized carbons (Fsp3) is 0.200. The van der Waals surface area contributed by atoms with Crippen LogP contribution in [0.25, 0.3) is 5.69 Å². The molecule has 1 aromatic carbocycles. The number of carboxylic acids is 2. The van der Waals surface area contributed by atoms with Crippen molar-refractivity contribution in [3.05, 3.63) is 52.8 Å². The van der Waals surface area contributed by atoms with E-state index in [-0.39, 0.29) is 12.0 Å². The van der Waals surface area contributed by atoms with Crippen LogP contribution in [0.1, 0.15) is 27.3 Å². The third-order valence-electron chi connectivity index (χ3n) is 3.16. The second kappa shape index (κ2) is 5.21. The van der Waals surface area contributed by atoms with Crippen LogP contribution in [0.5, 0.6) is 0 Å². The number of benzene rings is 1. The molecule has 20 heavy (non-hydrogen) atoms. The van der Waals surface area contributed by atoms with Crippen molar-refractivity contribution in [3.8, 4) is 5.69 Å². The zero-order valence-electron chi connectivity index (χ0n) is 11.3. The molecule has 0 saturated heterocycles. The molecule has 2 rings (SSSR count). The predicted octanol–water partition coefficient (Wildman–Crippen LogP) is 2.42. The number of carbonyl (C=O) groups is 2. The van der Waals surface area contributed by atoms with E-state index in [1.807, 2.05) is 30.5 Å². The second-order valence-corrected chi connectivity index (χ2v) is 4.68. The van der Waals surface area contributed by atoms with Gasteiger partial charge in [-0.1, -0.05) is 6.07 Å². The lowest BCUT2D eigenvalue weighted by Gasteiger charge is -2.13. The molecule has 0 bridgehead atoms. The molecule has 0 aliphatic carbocycles. The molecule has 0 saturated carbocycles. The topological polar surface area (TPSA) is 79.5 Å². The Morgan fingerprint density at radius 2 is 1.65 bits per heavy atom. The molecule has 2 aromatic rings. The zero-order chi connectivity index (χ0) is 14.9. The predicted molar refractivity (Wildman–Crippen MR) is 73.5 cm³/mol. The van der Waals surface area contributed by atoms with Gasteiger partial charge in [0.15, 0.2) is 0 Å². The summed E-state index contributed by atoms with van der Waals surface area (Å²) in [5.74, 6) is -2.05. The Morgan fingerprint density at radius 1 is 1.05 bits per heavy atom. The highest BCUT2D eigenvalue weighted by atomic mass is 16.4. The van der Waals surface area contributed by atoms with Crippen molar-refractivity contribution in [2.24, 2.45) is 0 Å². The highest BCUT2D eigenvalue weighted by Crippen LogP contribution is 2.22. The molecule has 5 nitrogen and oxygen atoms in total. The highest BCUT2D eigenvalue weighted by molar-refractivity contribution is 5.92. The number of aliphatic carboxylic acids is 1. The van der Waals surface area contributed by atoms with Crippen LogP contribution in [-0.2, 0) is 11.2 Å². The maximum Gasteiger partial charge on any atom is 0.337 e. The largest absolute Gasteiger partial charge is 0.481 e. The molecule has 1 aromatic heterocycles. The Morgan fingerprint density at radius 3 is 2.15 bits per heavy atom. The van der Waals surface area contributed by atoms with E-state index < -0.39 is 11.9 Å². The van der Waals surface area contributed by atoms with Gasteiger partial charge in [-0.25, -0.2) is 4.79 Å². The van der Waals surface area contributed by atoms with Gasteiger partial charge in [0.25, 0.3) is 0 Å². The van der Waals surface area contributed by atoms with E-state index in [1.54, 1.807) is 12.1 Å². The lowest BCUT2D eigenvalue weighted by Crippen LogP contribution is -2.09. The molecule has 0 radical (unpaired) electrons. The number of aromatic carboxylic acids is 1. The van der Waals surface area contributed by atoms with Crippen molar-refractivity contribution in [2.75, 3.05) is 0 Å². The minimum absolute atomic E-state index is 0.103. The summed E-state index contributed by atoms with van der Waals surface area (Å²) >= 11 is 0. The lowest BCUT2D eigenvalue weighted by atomic mass is 10.1. The maximum atomic E-state index is 11.4. The normalized spacial score (nSPS) is 10.5. The van der Waals surface area contributed by atoms with Crippen molar-refractivity contribution < 1.29 is 19.8 Å². The molecule has 5 heteroatoms. The average molecular weight is 273 g/mol. The monoisotopic (exact) mass is 273 g/mol. The summed E-state index contributed by atoms with van der Waals surface area (Å²) < 4.78 is 1.84. The first kappa shape index (κ1) is 13.9. The van der Waals surface area contributed by atoms with E-state index in [4.69, 9.17) is 5.11 Å². The summed E-state index contributed by atoms with van der Waals surface area (Å²) in [7, 11) is 0. The third-order valence-corrected chi connectivity index (χ3v) is 3.16. The summed E-state index contributed by atoms with van der Waals surface area (Å²) in [6, 6.07) is 8.54.